The third kappa shape index (κ3) is 144000. The summed E-state index contributed by atoms with van der Waals surface area (Å²) in [5.74, 6) is 0. The van der Waals surface area contributed by atoms with Gasteiger partial charge in [-0.2, -0.15) is 7.82 Å². The third-order valence-electron chi connectivity index (χ3n) is 0. The molecule has 0 saturated heterocycles. The highest BCUT2D eigenvalue weighted by Crippen LogP contribution is 2.03. The molecule has 0 spiro atoms. The first-order chi connectivity index (χ1) is 3.73. The van der Waals surface area contributed by atoms with Crippen molar-refractivity contribution in [3.63, 3.8) is 0 Å². The second-order valence-electron chi connectivity index (χ2n) is 1.50. The van der Waals surface area contributed by atoms with Crippen molar-refractivity contribution in [2.24, 2.45) is 0 Å². The second kappa shape index (κ2) is 17.9. The van der Waals surface area contributed by atoms with Gasteiger partial charge in [-0.3, -0.25) is 0 Å². The minimum absolute atomic E-state index is 0. The first-order valence-electron chi connectivity index (χ1n) is 2.12. The van der Waals surface area contributed by atoms with E-state index in [1.54, 1.807) is 13.8 Å². The van der Waals surface area contributed by atoms with Gasteiger partial charge in [0, 0.05) is 0 Å². The number of hydrogen-bond acceptors (Lipinski definition) is 5. The molecule has 0 radical (unpaired) electrons. The Hall–Kier alpha value is -0.0900. The van der Waals surface area contributed by atoms with Crippen LogP contribution in [0.2, 0.25) is 0 Å². The fraction of sp³-hybridized carbons (Fsp3) is 1.00. The van der Waals surface area contributed by atoms with Crippen LogP contribution in [0.25, 0.3) is 0 Å². The second-order valence-corrected chi connectivity index (χ2v) is 2.39. The largest absolute Gasteiger partial charge is 0.852 e. The Morgan fingerprint density at radius 2 is 0.923 bits per heavy atom. The quantitative estimate of drug-likeness (QED) is 0.355. The van der Waals surface area contributed by atoms with Crippen LogP contribution < -0.4 is 44.4 Å². The molecular formula is C3H23N4O5P. The number of phosphoric acid groups is 1. The summed E-state index contributed by atoms with van der Waals surface area (Å²) in [6.07, 6.45) is -0.417. The maximum atomic E-state index is 9.53. The monoisotopic (exact) mass is 226 g/mol. The van der Waals surface area contributed by atoms with Gasteiger partial charge in [-0.25, -0.2) is 0 Å². The van der Waals surface area contributed by atoms with Crippen LogP contribution in [-0.4, -0.2) is 6.10 Å². The molecule has 0 saturated carbocycles. The van der Waals surface area contributed by atoms with Gasteiger partial charge in [0.15, 0.2) is 0 Å². The highest BCUT2D eigenvalue weighted by Gasteiger charge is 1.53. The fourth-order valence-corrected chi connectivity index (χ4v) is 0. The highest BCUT2D eigenvalue weighted by atomic mass is 31.2. The molecule has 0 amide bonds. The van der Waals surface area contributed by atoms with E-state index in [1.807, 2.05) is 0 Å². The van der Waals surface area contributed by atoms with E-state index in [1.165, 1.54) is 0 Å². The van der Waals surface area contributed by atoms with Gasteiger partial charge < -0.3 is 49.0 Å². The van der Waals surface area contributed by atoms with Crippen LogP contribution in [0.15, 0.2) is 0 Å². The van der Waals surface area contributed by atoms with E-state index in [2.05, 4.69) is 0 Å². The van der Waals surface area contributed by atoms with E-state index in [0.29, 0.717) is 0 Å². The summed E-state index contributed by atoms with van der Waals surface area (Å²) in [7, 11) is -5.39. The highest BCUT2D eigenvalue weighted by molar-refractivity contribution is 7.40. The predicted octanol–water partition coefficient (Wildman–Crippen LogP) is -1.56. The number of hydrogen-bond donors (Lipinski definition) is 4. The average molecular weight is 226 g/mol. The van der Waals surface area contributed by atoms with Crippen molar-refractivity contribution in [2.45, 2.75) is 20.0 Å². The van der Waals surface area contributed by atoms with Crippen molar-refractivity contribution in [1.29, 1.82) is 0 Å². The summed E-state index contributed by atoms with van der Waals surface area (Å²) < 4.78 is 8.55. The average Bonchev–Trinajstić information content (AvgIpc) is 1.19. The van der Waals surface area contributed by atoms with Crippen LogP contribution in [0.3, 0.4) is 0 Å². The van der Waals surface area contributed by atoms with Crippen molar-refractivity contribution in [2.75, 3.05) is 0 Å². The van der Waals surface area contributed by atoms with Crippen LogP contribution in [-0.2, 0) is 4.57 Å². The molecule has 0 rings (SSSR count). The van der Waals surface area contributed by atoms with Crippen LogP contribution in [0.1, 0.15) is 13.8 Å². The summed E-state index contributed by atoms with van der Waals surface area (Å²) >= 11 is 0. The molecule has 90 valence electrons. The van der Waals surface area contributed by atoms with Crippen molar-refractivity contribution in [3.8, 4) is 0 Å². The van der Waals surface area contributed by atoms with Crippen molar-refractivity contribution in [3.05, 3.63) is 0 Å². The van der Waals surface area contributed by atoms with Gasteiger partial charge in [0.05, 0.1) is 0 Å². The summed E-state index contributed by atoms with van der Waals surface area (Å²) in [5, 5.41) is 9.53. The number of rotatable bonds is 0. The lowest BCUT2D eigenvalue weighted by Crippen LogP contribution is -2.24. The van der Waals surface area contributed by atoms with Crippen molar-refractivity contribution in [1.82, 2.24) is 24.6 Å². The number of quaternary nitrogens is 4. The molecule has 0 unspecified atom stereocenters. The van der Waals surface area contributed by atoms with Gasteiger partial charge in [-0.1, -0.05) is 13.8 Å². The molecule has 0 aliphatic rings. The van der Waals surface area contributed by atoms with Crippen LogP contribution in [0.4, 0.5) is 0 Å². The van der Waals surface area contributed by atoms with Gasteiger partial charge in [0.1, 0.15) is 0 Å². The van der Waals surface area contributed by atoms with Crippen molar-refractivity contribution >= 4 is 7.82 Å². The Morgan fingerprint density at radius 1 is 0.923 bits per heavy atom. The predicted molar refractivity (Wildman–Crippen MR) is 46.7 cm³/mol. The maximum absolute atomic E-state index is 9.53. The maximum Gasteiger partial charge on any atom is -0.0783 e. The topological polar surface area (TPSA) is 255 Å². The molecule has 0 aromatic heterocycles. The summed E-state index contributed by atoms with van der Waals surface area (Å²) in [6.45, 7) is 3.22. The molecule has 0 fully saturated rings. The molecule has 0 bridgehead atoms. The molecule has 0 aliphatic carbocycles. The Bertz CT molecular complexity index is 94.9. The van der Waals surface area contributed by atoms with Gasteiger partial charge in [0.2, 0.25) is 0 Å². The van der Waals surface area contributed by atoms with Gasteiger partial charge in [-0.15, -0.1) is 6.10 Å². The Kier molecular flexibility index (Phi) is 52.7. The Balaban J connectivity index is -0.0000000146. The van der Waals surface area contributed by atoms with E-state index in [9.17, 15) is 5.11 Å². The van der Waals surface area contributed by atoms with Crippen LogP contribution >= 0.6 is 7.82 Å². The minimum atomic E-state index is -5.39. The molecule has 0 aromatic carbocycles. The SMILES string of the molecule is CC(C)[O-].O=P([O-])([O-])[O-].[NH4+].[NH4+].[NH4+].[NH4+]. The molecule has 10 heteroatoms. The van der Waals surface area contributed by atoms with Crippen molar-refractivity contribution < 1.29 is 24.4 Å². The minimum Gasteiger partial charge on any atom is -0.852 e. The van der Waals surface area contributed by atoms with E-state index in [4.69, 9.17) is 19.2 Å². The van der Waals surface area contributed by atoms with Crippen LogP contribution in [0.5, 0.6) is 0 Å². The summed E-state index contributed by atoms with van der Waals surface area (Å²) in [5.41, 5.74) is 0. The molecule has 0 atom stereocenters. The van der Waals surface area contributed by atoms with E-state index < -0.39 is 13.9 Å². The van der Waals surface area contributed by atoms with Gasteiger partial charge in [0.25, 0.3) is 0 Å². The fourth-order valence-electron chi connectivity index (χ4n) is 0. The Morgan fingerprint density at radius 3 is 0.923 bits per heavy atom. The standard InChI is InChI=1S/C3H7O.4H3N.H3O4P/c1-3(2)4;;;;;1-5(2,3)4/h3H,1-2H3;4*1H3;(H3,1,2,3,4)/q-1;;;;;/p+1. The summed E-state index contributed by atoms with van der Waals surface area (Å²) in [4.78, 5) is 25.6. The molecule has 9 nitrogen and oxygen atoms in total. The summed E-state index contributed by atoms with van der Waals surface area (Å²) in [6, 6.07) is 0. The smallest absolute Gasteiger partial charge is 0.0783 e. The lowest BCUT2D eigenvalue weighted by molar-refractivity contribution is -0.432. The Labute approximate surface area is 77.7 Å². The van der Waals surface area contributed by atoms with E-state index >= 15 is 0 Å². The normalized spacial score (nSPS) is 7.31. The van der Waals surface area contributed by atoms with Crippen LogP contribution in [0, 0.1) is 0 Å². The molecule has 13 heavy (non-hydrogen) atoms. The zero-order valence-corrected chi connectivity index (χ0v) is 9.96. The molecular weight excluding hydrogens is 203 g/mol. The zero-order valence-electron chi connectivity index (χ0n) is 9.07. The first kappa shape index (κ1) is 38.4. The molecule has 16 N–H and O–H groups in total. The lowest BCUT2D eigenvalue weighted by atomic mass is 10.5. The molecule has 0 heterocycles. The zero-order chi connectivity index (χ0) is 8.08. The van der Waals surface area contributed by atoms with E-state index in [0.717, 1.165) is 0 Å². The van der Waals surface area contributed by atoms with Gasteiger partial charge >= 0.3 is 0 Å². The van der Waals surface area contributed by atoms with E-state index in [-0.39, 0.29) is 24.6 Å². The van der Waals surface area contributed by atoms with Gasteiger partial charge in [-0.05, 0) is 0 Å². The first-order valence-corrected chi connectivity index (χ1v) is 3.58. The molecule has 0 aliphatic heterocycles. The third-order valence-corrected chi connectivity index (χ3v) is 0. The lowest BCUT2D eigenvalue weighted by Gasteiger charge is -2.36. The molecule has 0 aromatic rings.